The third-order valence-electron chi connectivity index (χ3n) is 7.33. The van der Waals surface area contributed by atoms with E-state index >= 15 is 0 Å². The molecule has 1 radical (unpaired) electrons. The van der Waals surface area contributed by atoms with E-state index in [0.29, 0.717) is 0 Å². The van der Waals surface area contributed by atoms with E-state index in [9.17, 15) is 0 Å². The number of nitrogens with zero attached hydrogens (tertiary/aromatic N) is 7. The van der Waals surface area contributed by atoms with Gasteiger partial charge in [0, 0.05) is 35.7 Å². The number of aryl methyl sites for hydroxylation is 3. The van der Waals surface area contributed by atoms with E-state index in [-0.39, 0.29) is 26.4 Å². The molecule has 9 heteroatoms. The molecular formula is C37H38N7OOs. The fourth-order valence-corrected chi connectivity index (χ4v) is 4.34. The van der Waals surface area contributed by atoms with E-state index in [2.05, 4.69) is 64.8 Å². The average molecular weight is 787 g/mol. The van der Waals surface area contributed by atoms with Gasteiger partial charge in [-0.3, -0.25) is 0 Å². The zero-order chi connectivity index (χ0) is 32.3. The van der Waals surface area contributed by atoms with Gasteiger partial charge >= 0.3 is 19.8 Å². The molecule has 8 nitrogen and oxygen atoms in total. The molecule has 5 heterocycles. The molecule has 46 heavy (non-hydrogen) atoms. The van der Waals surface area contributed by atoms with Gasteiger partial charge in [-0.05, 0) is 95.6 Å². The Morgan fingerprint density at radius 1 is 0.717 bits per heavy atom. The molecule has 0 bridgehead atoms. The van der Waals surface area contributed by atoms with Crippen molar-refractivity contribution in [2.75, 3.05) is 6.61 Å². The van der Waals surface area contributed by atoms with Crippen LogP contribution < -0.4 is 4.74 Å². The van der Waals surface area contributed by atoms with Crippen molar-refractivity contribution in [3.63, 3.8) is 0 Å². The SMILES string of the molecule is C#CCOc1cc[c-]c(-c2cc(C)ccn2)c1.Cc1nn(-c2ccccn2)c(C)c1C.Cc1nn(-c2ccccn2)c(C)c1C.[Os+]. The first-order chi connectivity index (χ1) is 21.7. The zero-order valence-electron chi connectivity index (χ0n) is 27.3. The van der Waals surface area contributed by atoms with Crippen LogP contribution in [0.15, 0.2) is 85.3 Å². The zero-order valence-corrected chi connectivity index (χ0v) is 29.8. The first-order valence-corrected chi connectivity index (χ1v) is 14.6. The number of aromatic nitrogens is 7. The predicted octanol–water partition coefficient (Wildman–Crippen LogP) is 7.25. The van der Waals surface area contributed by atoms with Gasteiger partial charge in [-0.2, -0.15) is 10.2 Å². The van der Waals surface area contributed by atoms with Gasteiger partial charge in [-0.1, -0.05) is 29.7 Å². The molecule has 0 N–H and O–H groups in total. The Balaban J connectivity index is 0.000000187. The van der Waals surface area contributed by atoms with Crippen LogP contribution in [0.3, 0.4) is 0 Å². The fraction of sp³-hybridized carbons (Fsp3) is 0.216. The molecule has 235 valence electrons. The first kappa shape index (κ1) is 35.6. The molecule has 0 aliphatic heterocycles. The standard InChI is InChI=1S/C15H12NO.2C11H13N3.Os/c1-3-9-17-14-6-4-5-13(11-14)15-10-12(2)7-8-16-15;2*1-8-9(2)13-14(10(8)3)11-6-4-5-7-12-11;/h1,4,6-8,10-11H,9H2,2H3;2*4-7H,1-3H3;/q-1;;;+1. The molecule has 5 aromatic heterocycles. The van der Waals surface area contributed by atoms with E-state index in [1.54, 1.807) is 18.6 Å². The van der Waals surface area contributed by atoms with E-state index in [1.165, 1.54) is 16.7 Å². The Morgan fingerprint density at radius 3 is 1.72 bits per heavy atom. The topological polar surface area (TPSA) is 83.5 Å². The largest absolute Gasteiger partial charge is 1.00 e. The predicted molar refractivity (Wildman–Crippen MR) is 179 cm³/mol. The van der Waals surface area contributed by atoms with Gasteiger partial charge in [0.05, 0.1) is 11.4 Å². The van der Waals surface area contributed by atoms with Crippen LogP contribution in [0.4, 0.5) is 0 Å². The molecule has 0 spiro atoms. The van der Waals surface area contributed by atoms with E-state index < -0.39 is 0 Å². The number of terminal acetylenes is 1. The number of benzene rings is 1. The summed E-state index contributed by atoms with van der Waals surface area (Å²) in [4.78, 5) is 12.8. The number of pyridine rings is 3. The number of rotatable bonds is 5. The second-order valence-electron chi connectivity index (χ2n) is 10.4. The van der Waals surface area contributed by atoms with Crippen molar-refractivity contribution in [2.45, 2.75) is 48.5 Å². The minimum absolute atomic E-state index is 0. The van der Waals surface area contributed by atoms with Crippen LogP contribution in [0.1, 0.15) is 39.5 Å². The van der Waals surface area contributed by atoms with E-state index in [4.69, 9.17) is 11.2 Å². The maximum absolute atomic E-state index is 5.36. The van der Waals surface area contributed by atoms with Crippen molar-refractivity contribution in [1.29, 1.82) is 0 Å². The summed E-state index contributed by atoms with van der Waals surface area (Å²) in [5.41, 5.74) is 9.85. The summed E-state index contributed by atoms with van der Waals surface area (Å²) in [5.74, 6) is 4.92. The van der Waals surface area contributed by atoms with Gasteiger partial charge in [0.15, 0.2) is 11.6 Å². The molecular weight excluding hydrogens is 749 g/mol. The summed E-state index contributed by atoms with van der Waals surface area (Å²) in [6.07, 6.45) is 10.5. The monoisotopic (exact) mass is 788 g/mol. The quantitative estimate of drug-likeness (QED) is 0.135. The van der Waals surface area contributed by atoms with Crippen LogP contribution >= 0.6 is 0 Å². The van der Waals surface area contributed by atoms with Crippen LogP contribution in [0, 0.1) is 66.9 Å². The molecule has 6 aromatic rings. The van der Waals surface area contributed by atoms with Gasteiger partial charge in [-0.15, -0.1) is 36.3 Å². The molecule has 0 fully saturated rings. The van der Waals surface area contributed by atoms with Crippen molar-refractivity contribution >= 4 is 0 Å². The van der Waals surface area contributed by atoms with Crippen molar-refractivity contribution in [3.05, 3.63) is 131 Å². The molecule has 0 atom stereocenters. The van der Waals surface area contributed by atoms with Crippen molar-refractivity contribution < 1.29 is 24.5 Å². The first-order valence-electron chi connectivity index (χ1n) is 14.6. The maximum Gasteiger partial charge on any atom is 1.00 e. The number of ether oxygens (including phenoxy) is 1. The Morgan fingerprint density at radius 2 is 1.28 bits per heavy atom. The Labute approximate surface area is 285 Å². The molecule has 0 aliphatic rings. The second-order valence-corrected chi connectivity index (χ2v) is 10.4. The summed E-state index contributed by atoms with van der Waals surface area (Å²) in [6, 6.07) is 24.3. The molecule has 0 saturated carbocycles. The minimum Gasteiger partial charge on any atom is -0.500 e. The smallest absolute Gasteiger partial charge is 0.500 e. The van der Waals surface area contributed by atoms with Crippen LogP contribution in [-0.4, -0.2) is 41.1 Å². The van der Waals surface area contributed by atoms with Crippen LogP contribution in [0.2, 0.25) is 0 Å². The summed E-state index contributed by atoms with van der Waals surface area (Å²) in [6.45, 7) is 14.6. The summed E-state index contributed by atoms with van der Waals surface area (Å²) < 4.78 is 9.12. The third kappa shape index (κ3) is 9.06. The summed E-state index contributed by atoms with van der Waals surface area (Å²) >= 11 is 0. The normalized spacial score (nSPS) is 9.96. The second kappa shape index (κ2) is 17.0. The summed E-state index contributed by atoms with van der Waals surface area (Å²) in [5, 5.41) is 8.87. The van der Waals surface area contributed by atoms with Crippen molar-refractivity contribution in [1.82, 2.24) is 34.5 Å². The molecule has 0 aliphatic carbocycles. The van der Waals surface area contributed by atoms with Gasteiger partial charge in [-0.25, -0.2) is 19.3 Å². The fourth-order valence-electron chi connectivity index (χ4n) is 4.34. The van der Waals surface area contributed by atoms with Crippen molar-refractivity contribution in [3.8, 4) is 41.0 Å². The van der Waals surface area contributed by atoms with Gasteiger partial charge in [0.25, 0.3) is 0 Å². The minimum atomic E-state index is 0. The van der Waals surface area contributed by atoms with Gasteiger partial charge in [0.1, 0.15) is 6.61 Å². The number of hydrogen-bond acceptors (Lipinski definition) is 6. The molecule has 0 saturated heterocycles. The molecule has 6 rings (SSSR count). The third-order valence-corrected chi connectivity index (χ3v) is 7.33. The Hall–Kier alpha value is -4.91. The van der Waals surface area contributed by atoms with Crippen LogP contribution in [0.25, 0.3) is 22.9 Å². The van der Waals surface area contributed by atoms with Crippen molar-refractivity contribution in [2.24, 2.45) is 0 Å². The van der Waals surface area contributed by atoms with Gasteiger partial charge < -0.3 is 9.72 Å². The number of hydrogen-bond donors (Lipinski definition) is 0. The average Bonchev–Trinajstić information content (AvgIpc) is 3.49. The van der Waals surface area contributed by atoms with Crippen LogP contribution in [-0.2, 0) is 19.8 Å². The Kier molecular flexibility index (Phi) is 13.1. The molecule has 1 aromatic carbocycles. The van der Waals surface area contributed by atoms with E-state index in [1.807, 2.05) is 96.9 Å². The Bertz CT molecular complexity index is 1800. The molecule has 0 amide bonds. The molecule has 0 unspecified atom stereocenters. The summed E-state index contributed by atoms with van der Waals surface area (Å²) in [7, 11) is 0. The van der Waals surface area contributed by atoms with Gasteiger partial charge in [0.2, 0.25) is 0 Å². The maximum atomic E-state index is 5.36. The van der Waals surface area contributed by atoms with Crippen LogP contribution in [0.5, 0.6) is 5.75 Å². The van der Waals surface area contributed by atoms with E-state index in [0.717, 1.165) is 51.4 Å².